The van der Waals surface area contributed by atoms with Crippen molar-refractivity contribution in [2.75, 3.05) is 11.9 Å². The van der Waals surface area contributed by atoms with Gasteiger partial charge >= 0.3 is 0 Å². The number of nitrogens with one attached hydrogen (secondary N) is 2. The maximum atomic E-state index is 12.2. The number of carbonyl (C=O) groups is 1. The molecule has 3 rings (SSSR count). The van der Waals surface area contributed by atoms with E-state index in [1.54, 1.807) is 0 Å². The molecule has 0 aliphatic heterocycles. The van der Waals surface area contributed by atoms with E-state index < -0.39 is 10.0 Å². The molecular weight excluding hydrogens is 420 g/mol. The van der Waals surface area contributed by atoms with Crippen LogP contribution >= 0.6 is 22.9 Å². The molecule has 0 bridgehead atoms. The van der Waals surface area contributed by atoms with E-state index in [4.69, 9.17) is 11.6 Å². The number of aromatic nitrogens is 2. The van der Waals surface area contributed by atoms with E-state index in [1.165, 1.54) is 35.6 Å². The minimum Gasteiger partial charge on any atom is -0.300 e. The van der Waals surface area contributed by atoms with Crippen LogP contribution < -0.4 is 10.0 Å². The molecule has 0 aliphatic carbocycles. The molecule has 146 valence electrons. The molecule has 1 heterocycles. The van der Waals surface area contributed by atoms with Crippen LogP contribution in [0.5, 0.6) is 0 Å². The van der Waals surface area contributed by atoms with Gasteiger partial charge in [-0.15, -0.1) is 10.2 Å². The molecule has 0 fully saturated rings. The highest BCUT2D eigenvalue weighted by Gasteiger charge is 2.15. The van der Waals surface area contributed by atoms with Crippen molar-refractivity contribution in [1.82, 2.24) is 14.9 Å². The molecule has 2 N–H and O–H groups in total. The van der Waals surface area contributed by atoms with Gasteiger partial charge in [0.05, 0.1) is 4.90 Å². The number of sulfonamides is 1. The van der Waals surface area contributed by atoms with Crippen LogP contribution in [0, 0.1) is 0 Å². The van der Waals surface area contributed by atoms with Crippen LogP contribution in [0.25, 0.3) is 0 Å². The van der Waals surface area contributed by atoms with E-state index in [-0.39, 0.29) is 23.8 Å². The van der Waals surface area contributed by atoms with E-state index in [9.17, 15) is 13.2 Å². The second kappa shape index (κ2) is 9.24. The van der Waals surface area contributed by atoms with Gasteiger partial charge in [-0.05, 0) is 29.8 Å². The number of carbonyl (C=O) groups excluding carboxylic acids is 1. The Bertz CT molecular complexity index is 1040. The molecule has 0 aliphatic rings. The summed E-state index contributed by atoms with van der Waals surface area (Å²) in [6, 6.07) is 15.6. The molecule has 0 atom stereocenters. The van der Waals surface area contributed by atoms with Gasteiger partial charge < -0.3 is 5.32 Å². The fraction of sp³-hybridized carbons (Fsp3) is 0.167. The summed E-state index contributed by atoms with van der Waals surface area (Å²) in [5, 5.41) is 12.3. The number of anilines is 1. The second-order valence-electron chi connectivity index (χ2n) is 5.81. The van der Waals surface area contributed by atoms with Crippen molar-refractivity contribution < 1.29 is 13.2 Å². The summed E-state index contributed by atoms with van der Waals surface area (Å²) in [4.78, 5) is 12.1. The lowest BCUT2D eigenvalue weighted by Gasteiger charge is -2.06. The van der Waals surface area contributed by atoms with E-state index in [0.717, 1.165) is 10.6 Å². The highest BCUT2D eigenvalue weighted by molar-refractivity contribution is 7.89. The summed E-state index contributed by atoms with van der Waals surface area (Å²) in [6.45, 7) is -0.0352. The van der Waals surface area contributed by atoms with Crippen LogP contribution in [-0.2, 0) is 21.2 Å². The van der Waals surface area contributed by atoms with Crippen molar-refractivity contribution in [2.24, 2.45) is 0 Å². The van der Waals surface area contributed by atoms with E-state index in [2.05, 4.69) is 20.2 Å². The molecule has 0 saturated heterocycles. The monoisotopic (exact) mass is 436 g/mol. The Hall–Kier alpha value is -2.33. The Balaban J connectivity index is 1.47. The third-order valence-corrected chi connectivity index (χ3v) is 6.25. The van der Waals surface area contributed by atoms with Crippen molar-refractivity contribution in [1.29, 1.82) is 0 Å². The van der Waals surface area contributed by atoms with Gasteiger partial charge in [-0.1, -0.05) is 53.3 Å². The molecule has 3 aromatic rings. The number of halogens is 1. The van der Waals surface area contributed by atoms with E-state index >= 15 is 0 Å². The van der Waals surface area contributed by atoms with Crippen LogP contribution in [0.3, 0.4) is 0 Å². The van der Waals surface area contributed by atoms with Gasteiger partial charge in [-0.25, -0.2) is 13.1 Å². The first-order chi connectivity index (χ1) is 13.4. The summed E-state index contributed by atoms with van der Waals surface area (Å²) >= 11 is 7.04. The topological polar surface area (TPSA) is 101 Å². The number of hydrogen-bond donors (Lipinski definition) is 2. The van der Waals surface area contributed by atoms with Crippen molar-refractivity contribution in [2.45, 2.75) is 17.7 Å². The van der Waals surface area contributed by atoms with Gasteiger partial charge in [0.15, 0.2) is 0 Å². The average Bonchev–Trinajstić information content (AvgIpc) is 3.09. The molecule has 2 aromatic carbocycles. The Morgan fingerprint density at radius 2 is 1.75 bits per heavy atom. The predicted octanol–water partition coefficient (Wildman–Crippen LogP) is 3.09. The van der Waals surface area contributed by atoms with E-state index in [0.29, 0.717) is 16.6 Å². The summed E-state index contributed by atoms with van der Waals surface area (Å²) in [5.41, 5.74) is 1.10. The van der Waals surface area contributed by atoms with Gasteiger partial charge in [0.2, 0.25) is 21.1 Å². The number of nitrogens with zero attached hydrogens (tertiary/aromatic N) is 2. The van der Waals surface area contributed by atoms with Crippen molar-refractivity contribution in [3.05, 3.63) is 70.2 Å². The van der Waals surface area contributed by atoms with Crippen LogP contribution in [0.1, 0.15) is 17.0 Å². The molecule has 1 aromatic heterocycles. The van der Waals surface area contributed by atoms with Crippen molar-refractivity contribution in [3.8, 4) is 0 Å². The first-order valence-corrected chi connectivity index (χ1v) is 11.0. The fourth-order valence-corrected chi connectivity index (χ4v) is 4.27. The Kier molecular flexibility index (Phi) is 6.74. The minimum atomic E-state index is -3.69. The highest BCUT2D eigenvalue weighted by atomic mass is 35.5. The van der Waals surface area contributed by atoms with Gasteiger partial charge in [0.1, 0.15) is 5.01 Å². The molecule has 10 heteroatoms. The Morgan fingerprint density at radius 1 is 1.04 bits per heavy atom. The molecule has 28 heavy (non-hydrogen) atoms. The first-order valence-electron chi connectivity index (χ1n) is 8.34. The smallest absolute Gasteiger partial charge is 0.240 e. The summed E-state index contributed by atoms with van der Waals surface area (Å²) in [6.07, 6.45) is 0.607. The molecular formula is C18H17ClN4O3S2. The third kappa shape index (κ3) is 5.83. The summed E-state index contributed by atoms with van der Waals surface area (Å²) < 4.78 is 26.7. The van der Waals surface area contributed by atoms with E-state index in [1.807, 2.05) is 30.3 Å². The summed E-state index contributed by atoms with van der Waals surface area (Å²) in [5.74, 6) is -0.346. The fourth-order valence-electron chi connectivity index (χ4n) is 2.32. The zero-order chi connectivity index (χ0) is 20.0. The standard InChI is InChI=1S/C18H17ClN4O3S2/c19-14-6-8-15(9-7-14)28(25,26)20-11-10-16(24)21-18-23-22-17(27-18)12-13-4-2-1-3-5-13/h1-9,20H,10-12H2,(H,21,23,24). The Morgan fingerprint density at radius 3 is 2.46 bits per heavy atom. The molecule has 7 nitrogen and oxygen atoms in total. The van der Waals surface area contributed by atoms with Gasteiger partial charge in [0, 0.05) is 24.4 Å². The summed E-state index contributed by atoms with van der Waals surface area (Å²) in [7, 11) is -3.69. The Labute approximate surface area is 171 Å². The second-order valence-corrected chi connectivity index (χ2v) is 9.08. The highest BCUT2D eigenvalue weighted by Crippen LogP contribution is 2.18. The lowest BCUT2D eigenvalue weighted by molar-refractivity contribution is -0.116. The minimum absolute atomic E-state index is 0.0274. The number of amides is 1. The average molecular weight is 437 g/mol. The number of rotatable bonds is 8. The normalized spacial score (nSPS) is 11.3. The number of hydrogen-bond acceptors (Lipinski definition) is 6. The predicted molar refractivity (Wildman–Crippen MR) is 109 cm³/mol. The zero-order valence-electron chi connectivity index (χ0n) is 14.6. The molecule has 0 unspecified atom stereocenters. The maximum Gasteiger partial charge on any atom is 0.240 e. The molecule has 0 spiro atoms. The van der Waals surface area contributed by atoms with Gasteiger partial charge in [-0.2, -0.15) is 0 Å². The lowest BCUT2D eigenvalue weighted by atomic mass is 10.2. The third-order valence-electron chi connectivity index (χ3n) is 3.68. The maximum absolute atomic E-state index is 12.2. The van der Waals surface area contributed by atoms with Crippen LogP contribution in [0.2, 0.25) is 5.02 Å². The molecule has 0 radical (unpaired) electrons. The molecule has 1 amide bonds. The van der Waals surface area contributed by atoms with Gasteiger partial charge in [0.25, 0.3) is 0 Å². The lowest BCUT2D eigenvalue weighted by Crippen LogP contribution is -2.27. The molecule has 0 saturated carbocycles. The SMILES string of the molecule is O=C(CCNS(=O)(=O)c1ccc(Cl)cc1)Nc1nnc(Cc2ccccc2)s1. The number of benzene rings is 2. The van der Waals surface area contributed by atoms with Crippen molar-refractivity contribution >= 4 is 44.0 Å². The van der Waals surface area contributed by atoms with Crippen LogP contribution in [0.4, 0.5) is 5.13 Å². The van der Waals surface area contributed by atoms with Crippen molar-refractivity contribution in [3.63, 3.8) is 0 Å². The zero-order valence-corrected chi connectivity index (χ0v) is 17.0. The first kappa shape index (κ1) is 20.4. The van der Waals surface area contributed by atoms with Crippen LogP contribution in [0.15, 0.2) is 59.5 Å². The van der Waals surface area contributed by atoms with Gasteiger partial charge in [-0.3, -0.25) is 4.79 Å². The quantitative estimate of drug-likeness (QED) is 0.565. The largest absolute Gasteiger partial charge is 0.300 e. The van der Waals surface area contributed by atoms with Crippen LogP contribution in [-0.4, -0.2) is 31.1 Å².